The minimum absolute atomic E-state index is 0.712. The average molecular weight is 235 g/mol. The molecule has 0 aliphatic heterocycles. The molecule has 1 aliphatic rings. The molecule has 1 aromatic heterocycles. The number of rotatable bonds is 5. The van der Waals surface area contributed by atoms with E-state index < -0.39 is 0 Å². The van der Waals surface area contributed by atoms with Gasteiger partial charge in [-0.25, -0.2) is 0 Å². The third-order valence-corrected chi connectivity index (χ3v) is 3.75. The summed E-state index contributed by atoms with van der Waals surface area (Å²) in [6.45, 7) is 6.57. The zero-order chi connectivity index (χ0) is 12.1. The predicted octanol–water partition coefficient (Wildman–Crippen LogP) is 2.96. The van der Waals surface area contributed by atoms with E-state index in [9.17, 15) is 0 Å². The maximum Gasteiger partial charge on any atom is 0.0522 e. The Morgan fingerprint density at radius 2 is 2.35 bits per heavy atom. The van der Waals surface area contributed by atoms with Gasteiger partial charge in [-0.2, -0.15) is 5.10 Å². The average Bonchev–Trinajstić information content (AvgIpc) is 2.75. The summed E-state index contributed by atoms with van der Waals surface area (Å²) >= 11 is 0. The van der Waals surface area contributed by atoms with Crippen molar-refractivity contribution in [3.05, 3.63) is 18.0 Å². The van der Waals surface area contributed by atoms with Gasteiger partial charge in [-0.1, -0.05) is 26.7 Å². The second-order valence-corrected chi connectivity index (χ2v) is 5.40. The zero-order valence-corrected chi connectivity index (χ0v) is 11.2. The summed E-state index contributed by atoms with van der Waals surface area (Å²) in [5.41, 5.74) is 1.32. The third-order valence-electron chi connectivity index (χ3n) is 3.75. The molecule has 0 aromatic carbocycles. The van der Waals surface area contributed by atoms with Gasteiger partial charge in [0.2, 0.25) is 0 Å². The Hall–Kier alpha value is -0.830. The van der Waals surface area contributed by atoms with E-state index in [1.807, 2.05) is 6.20 Å². The highest BCUT2D eigenvalue weighted by molar-refractivity contribution is 5.00. The second-order valence-electron chi connectivity index (χ2n) is 5.40. The molecule has 96 valence electrons. The largest absolute Gasteiger partial charge is 0.308 e. The van der Waals surface area contributed by atoms with Gasteiger partial charge in [0.05, 0.1) is 5.69 Å². The van der Waals surface area contributed by atoms with Crippen LogP contribution in [0.4, 0.5) is 0 Å². The van der Waals surface area contributed by atoms with E-state index >= 15 is 0 Å². The number of nitrogens with zero attached hydrogens (tertiary/aromatic N) is 2. The molecular formula is C14H25N3. The fraction of sp³-hybridized carbons (Fsp3) is 0.786. The third kappa shape index (κ3) is 3.56. The van der Waals surface area contributed by atoms with Crippen LogP contribution in [0.25, 0.3) is 0 Å². The van der Waals surface area contributed by atoms with Crippen molar-refractivity contribution in [3.63, 3.8) is 0 Å². The molecule has 1 fully saturated rings. The number of hydrogen-bond acceptors (Lipinski definition) is 2. The summed E-state index contributed by atoms with van der Waals surface area (Å²) in [5, 5.41) is 8.05. The van der Waals surface area contributed by atoms with Crippen molar-refractivity contribution in [2.45, 2.75) is 65.1 Å². The molecule has 1 N–H and O–H groups in total. The van der Waals surface area contributed by atoms with Crippen LogP contribution in [-0.4, -0.2) is 15.8 Å². The predicted molar refractivity (Wildman–Crippen MR) is 70.8 cm³/mol. The summed E-state index contributed by atoms with van der Waals surface area (Å²) in [4.78, 5) is 0. The molecule has 1 heterocycles. The number of hydrogen-bond donors (Lipinski definition) is 1. The Bertz CT molecular complexity index is 332. The van der Waals surface area contributed by atoms with Crippen LogP contribution < -0.4 is 5.32 Å². The van der Waals surface area contributed by atoms with Crippen LogP contribution >= 0.6 is 0 Å². The highest BCUT2D eigenvalue weighted by atomic mass is 15.3. The SMILES string of the molecule is CCCn1nccc1CNC1CCCC(C)C1. The summed E-state index contributed by atoms with van der Waals surface area (Å²) in [6, 6.07) is 2.85. The molecule has 0 bridgehead atoms. The Kier molecular flexibility index (Phi) is 4.60. The van der Waals surface area contributed by atoms with Gasteiger partial charge in [0.1, 0.15) is 0 Å². The van der Waals surface area contributed by atoms with Gasteiger partial charge in [-0.15, -0.1) is 0 Å². The maximum absolute atomic E-state index is 4.36. The highest BCUT2D eigenvalue weighted by Gasteiger charge is 2.18. The van der Waals surface area contributed by atoms with Gasteiger partial charge in [0.25, 0.3) is 0 Å². The van der Waals surface area contributed by atoms with Crippen LogP contribution in [0.3, 0.4) is 0 Å². The topological polar surface area (TPSA) is 29.9 Å². The normalized spacial score (nSPS) is 25.1. The van der Waals surface area contributed by atoms with Gasteiger partial charge >= 0.3 is 0 Å². The molecule has 3 nitrogen and oxygen atoms in total. The monoisotopic (exact) mass is 235 g/mol. The van der Waals surface area contributed by atoms with E-state index in [0.717, 1.165) is 25.4 Å². The van der Waals surface area contributed by atoms with Crippen LogP contribution in [0.2, 0.25) is 0 Å². The fourth-order valence-electron chi connectivity index (χ4n) is 2.79. The van der Waals surface area contributed by atoms with Crippen molar-refractivity contribution >= 4 is 0 Å². The zero-order valence-electron chi connectivity index (χ0n) is 11.2. The number of aryl methyl sites for hydroxylation is 1. The van der Waals surface area contributed by atoms with Crippen molar-refractivity contribution in [2.75, 3.05) is 0 Å². The van der Waals surface area contributed by atoms with E-state index in [1.165, 1.54) is 31.4 Å². The molecule has 3 heteroatoms. The first-order valence-electron chi connectivity index (χ1n) is 7.03. The van der Waals surface area contributed by atoms with Crippen LogP contribution in [0.5, 0.6) is 0 Å². The molecule has 1 saturated carbocycles. The van der Waals surface area contributed by atoms with E-state index in [-0.39, 0.29) is 0 Å². The maximum atomic E-state index is 4.36. The number of aromatic nitrogens is 2. The molecule has 1 aromatic rings. The van der Waals surface area contributed by atoms with E-state index in [2.05, 4.69) is 35.0 Å². The highest BCUT2D eigenvalue weighted by Crippen LogP contribution is 2.23. The minimum atomic E-state index is 0.712. The molecule has 2 unspecified atom stereocenters. The molecule has 0 spiro atoms. The van der Waals surface area contributed by atoms with Crippen molar-refractivity contribution in [3.8, 4) is 0 Å². The van der Waals surface area contributed by atoms with Crippen molar-refractivity contribution in [2.24, 2.45) is 5.92 Å². The molecule has 1 aliphatic carbocycles. The molecule has 2 atom stereocenters. The Balaban J connectivity index is 1.82. The summed E-state index contributed by atoms with van der Waals surface area (Å²) < 4.78 is 2.12. The van der Waals surface area contributed by atoms with E-state index in [4.69, 9.17) is 0 Å². The molecule has 0 saturated heterocycles. The summed E-state index contributed by atoms with van der Waals surface area (Å²) in [5.74, 6) is 0.891. The lowest BCUT2D eigenvalue weighted by Crippen LogP contribution is -2.33. The van der Waals surface area contributed by atoms with Crippen LogP contribution in [0, 0.1) is 5.92 Å². The summed E-state index contributed by atoms with van der Waals surface area (Å²) in [7, 11) is 0. The first kappa shape index (κ1) is 12.6. The van der Waals surface area contributed by atoms with Crippen molar-refractivity contribution in [1.82, 2.24) is 15.1 Å². The first-order valence-corrected chi connectivity index (χ1v) is 7.03. The summed E-state index contributed by atoms with van der Waals surface area (Å²) in [6.07, 6.45) is 8.53. The molecule has 17 heavy (non-hydrogen) atoms. The lowest BCUT2D eigenvalue weighted by atomic mass is 9.87. The smallest absolute Gasteiger partial charge is 0.0522 e. The molecular weight excluding hydrogens is 210 g/mol. The van der Waals surface area contributed by atoms with Crippen LogP contribution in [-0.2, 0) is 13.1 Å². The van der Waals surface area contributed by atoms with Gasteiger partial charge in [-0.3, -0.25) is 4.68 Å². The van der Waals surface area contributed by atoms with Gasteiger partial charge < -0.3 is 5.32 Å². The Morgan fingerprint density at radius 3 is 3.12 bits per heavy atom. The van der Waals surface area contributed by atoms with Crippen LogP contribution in [0.1, 0.15) is 51.6 Å². The van der Waals surface area contributed by atoms with Gasteiger partial charge in [-0.05, 0) is 31.2 Å². The Labute approximate surface area is 105 Å². The number of nitrogens with one attached hydrogen (secondary N) is 1. The van der Waals surface area contributed by atoms with E-state index in [1.54, 1.807) is 0 Å². The molecule has 0 radical (unpaired) electrons. The minimum Gasteiger partial charge on any atom is -0.308 e. The Morgan fingerprint density at radius 1 is 1.47 bits per heavy atom. The van der Waals surface area contributed by atoms with Gasteiger partial charge in [0, 0.05) is 25.3 Å². The quantitative estimate of drug-likeness (QED) is 0.850. The lowest BCUT2D eigenvalue weighted by Gasteiger charge is -2.27. The lowest BCUT2D eigenvalue weighted by molar-refractivity contribution is 0.298. The second kappa shape index (κ2) is 6.20. The van der Waals surface area contributed by atoms with Crippen molar-refractivity contribution in [1.29, 1.82) is 0 Å². The van der Waals surface area contributed by atoms with Gasteiger partial charge in [0.15, 0.2) is 0 Å². The van der Waals surface area contributed by atoms with Crippen LogP contribution in [0.15, 0.2) is 12.3 Å². The molecule has 0 amide bonds. The van der Waals surface area contributed by atoms with Crippen molar-refractivity contribution < 1.29 is 0 Å². The fourth-order valence-corrected chi connectivity index (χ4v) is 2.79. The van der Waals surface area contributed by atoms with E-state index in [0.29, 0.717) is 6.04 Å². The standard InChI is InChI=1S/C14H25N3/c1-3-9-17-14(7-8-16-17)11-15-13-6-4-5-12(2)10-13/h7-8,12-13,15H,3-6,9-11H2,1-2H3. The first-order chi connectivity index (χ1) is 8.29. The molecule has 2 rings (SSSR count).